The van der Waals surface area contributed by atoms with Gasteiger partial charge in [-0.2, -0.15) is 0 Å². The maximum Gasteiger partial charge on any atom is 0.0406 e. The Bertz CT molecular complexity index is 311. The molecule has 0 spiro atoms. The normalized spacial score (nSPS) is 15.6. The number of hydrogen-bond donors (Lipinski definition) is 2. The molecular formula is C13H19Cl3N2-2. The quantitative estimate of drug-likeness (QED) is 0.602. The highest BCUT2D eigenvalue weighted by Crippen LogP contribution is 2.11. The molecule has 1 fully saturated rings. The number of nitrogens with one attached hydrogen (secondary N) is 2. The zero-order valence-electron chi connectivity index (χ0n) is 10.3. The van der Waals surface area contributed by atoms with Gasteiger partial charge in [0, 0.05) is 11.6 Å². The molecule has 104 valence electrons. The van der Waals surface area contributed by atoms with Crippen LogP contribution in [-0.4, -0.2) is 19.6 Å². The molecule has 1 heterocycles. The minimum absolute atomic E-state index is 0. The Morgan fingerprint density at radius 3 is 2.33 bits per heavy atom. The van der Waals surface area contributed by atoms with Crippen LogP contribution in [0.2, 0.25) is 5.02 Å². The molecule has 0 atom stereocenters. The Balaban J connectivity index is 0.00000144. The standard InChI is InChI=1S/C13H19ClN2.2ClH/c14-13-3-1-11(2-4-13)9-16-10-12-5-7-15-8-6-12;;/h1-4,12,15-16H,5-10H2;2*1H/p-2. The Morgan fingerprint density at radius 1 is 1.11 bits per heavy atom. The third-order valence-corrected chi connectivity index (χ3v) is 3.39. The summed E-state index contributed by atoms with van der Waals surface area (Å²) in [5, 5.41) is 7.71. The summed E-state index contributed by atoms with van der Waals surface area (Å²) in [6, 6.07) is 8.06. The lowest BCUT2D eigenvalue weighted by atomic mass is 9.98. The van der Waals surface area contributed by atoms with Crippen LogP contribution in [0.4, 0.5) is 0 Å². The predicted octanol–water partition coefficient (Wildman–Crippen LogP) is -3.56. The second-order valence-electron chi connectivity index (χ2n) is 4.45. The highest BCUT2D eigenvalue weighted by Gasteiger charge is 2.11. The van der Waals surface area contributed by atoms with Crippen molar-refractivity contribution in [1.29, 1.82) is 0 Å². The molecule has 1 aliphatic heterocycles. The van der Waals surface area contributed by atoms with E-state index < -0.39 is 0 Å². The molecule has 1 aromatic rings. The lowest BCUT2D eigenvalue weighted by Gasteiger charge is -2.22. The summed E-state index contributed by atoms with van der Waals surface area (Å²) in [6.07, 6.45) is 2.60. The van der Waals surface area contributed by atoms with Gasteiger partial charge >= 0.3 is 0 Å². The third kappa shape index (κ3) is 6.26. The lowest BCUT2D eigenvalue weighted by Crippen LogP contribution is -3.00. The summed E-state index contributed by atoms with van der Waals surface area (Å²) in [5.74, 6) is 0.841. The van der Waals surface area contributed by atoms with Gasteiger partial charge < -0.3 is 35.4 Å². The van der Waals surface area contributed by atoms with Crippen molar-refractivity contribution in [2.75, 3.05) is 19.6 Å². The van der Waals surface area contributed by atoms with Gasteiger partial charge in [-0.15, -0.1) is 0 Å². The molecule has 1 aromatic carbocycles. The minimum Gasteiger partial charge on any atom is -1.00 e. The number of halogens is 3. The zero-order valence-corrected chi connectivity index (χ0v) is 12.5. The van der Waals surface area contributed by atoms with Gasteiger partial charge in [0.15, 0.2) is 0 Å². The van der Waals surface area contributed by atoms with E-state index in [1.54, 1.807) is 0 Å². The fourth-order valence-corrected chi connectivity index (χ4v) is 2.23. The van der Waals surface area contributed by atoms with Crippen LogP contribution in [0, 0.1) is 5.92 Å². The van der Waals surface area contributed by atoms with Crippen LogP contribution in [0.15, 0.2) is 24.3 Å². The van der Waals surface area contributed by atoms with Gasteiger partial charge in [-0.05, 0) is 56.1 Å². The smallest absolute Gasteiger partial charge is 0.0406 e. The summed E-state index contributed by atoms with van der Waals surface area (Å²) in [7, 11) is 0. The molecule has 0 aromatic heterocycles. The first-order valence-electron chi connectivity index (χ1n) is 6.00. The molecule has 2 N–H and O–H groups in total. The van der Waals surface area contributed by atoms with E-state index in [1.165, 1.54) is 31.5 Å². The second kappa shape index (κ2) is 9.88. The Labute approximate surface area is 127 Å². The summed E-state index contributed by atoms with van der Waals surface area (Å²) in [4.78, 5) is 0. The van der Waals surface area contributed by atoms with E-state index in [4.69, 9.17) is 11.6 Å². The summed E-state index contributed by atoms with van der Waals surface area (Å²) >= 11 is 5.84. The van der Waals surface area contributed by atoms with E-state index in [-0.39, 0.29) is 24.8 Å². The van der Waals surface area contributed by atoms with Crippen LogP contribution in [-0.2, 0) is 6.54 Å². The van der Waals surface area contributed by atoms with E-state index in [1.807, 2.05) is 12.1 Å². The van der Waals surface area contributed by atoms with E-state index in [0.29, 0.717) is 0 Å². The van der Waals surface area contributed by atoms with Crippen molar-refractivity contribution in [3.05, 3.63) is 34.9 Å². The van der Waals surface area contributed by atoms with Gasteiger partial charge in [0.1, 0.15) is 0 Å². The summed E-state index contributed by atoms with van der Waals surface area (Å²) in [6.45, 7) is 4.42. The zero-order chi connectivity index (χ0) is 11.2. The first-order chi connectivity index (χ1) is 7.84. The molecule has 1 aliphatic rings. The van der Waals surface area contributed by atoms with Gasteiger partial charge in [0.05, 0.1) is 0 Å². The molecule has 0 amide bonds. The largest absolute Gasteiger partial charge is 1.00 e. The van der Waals surface area contributed by atoms with Crippen molar-refractivity contribution >= 4 is 11.6 Å². The fourth-order valence-electron chi connectivity index (χ4n) is 2.11. The SMILES string of the molecule is Clc1ccc(CNCC2CCNCC2)cc1.[Cl-].[Cl-]. The average molecular weight is 310 g/mol. The maximum absolute atomic E-state index is 5.84. The van der Waals surface area contributed by atoms with E-state index in [9.17, 15) is 0 Å². The molecule has 0 radical (unpaired) electrons. The molecule has 5 heteroatoms. The van der Waals surface area contributed by atoms with Crippen molar-refractivity contribution in [2.45, 2.75) is 19.4 Å². The first-order valence-corrected chi connectivity index (χ1v) is 6.38. The molecule has 0 bridgehead atoms. The highest BCUT2D eigenvalue weighted by molar-refractivity contribution is 6.30. The Morgan fingerprint density at radius 2 is 1.72 bits per heavy atom. The van der Waals surface area contributed by atoms with Crippen LogP contribution in [0.25, 0.3) is 0 Å². The monoisotopic (exact) mass is 308 g/mol. The number of benzene rings is 1. The van der Waals surface area contributed by atoms with Crippen molar-refractivity contribution in [1.82, 2.24) is 10.6 Å². The van der Waals surface area contributed by atoms with Crippen molar-refractivity contribution in [3.8, 4) is 0 Å². The van der Waals surface area contributed by atoms with Gasteiger partial charge in [-0.1, -0.05) is 23.7 Å². The molecule has 18 heavy (non-hydrogen) atoms. The fraction of sp³-hybridized carbons (Fsp3) is 0.538. The highest BCUT2D eigenvalue weighted by atomic mass is 35.5. The minimum atomic E-state index is 0. The van der Waals surface area contributed by atoms with Crippen molar-refractivity contribution in [3.63, 3.8) is 0 Å². The number of piperidine rings is 1. The van der Waals surface area contributed by atoms with Crippen LogP contribution in [0.1, 0.15) is 18.4 Å². The Hall–Kier alpha value is 0.01000. The molecular weight excluding hydrogens is 291 g/mol. The lowest BCUT2D eigenvalue weighted by molar-refractivity contribution is -0.00100. The van der Waals surface area contributed by atoms with Crippen LogP contribution in [0.5, 0.6) is 0 Å². The van der Waals surface area contributed by atoms with Crippen molar-refractivity contribution < 1.29 is 24.8 Å². The molecule has 2 rings (SSSR count). The number of rotatable bonds is 4. The summed E-state index contributed by atoms with van der Waals surface area (Å²) in [5.41, 5.74) is 1.30. The molecule has 1 saturated heterocycles. The van der Waals surface area contributed by atoms with Gasteiger partial charge in [0.2, 0.25) is 0 Å². The maximum atomic E-state index is 5.84. The summed E-state index contributed by atoms with van der Waals surface area (Å²) < 4.78 is 0. The molecule has 0 unspecified atom stereocenters. The van der Waals surface area contributed by atoms with E-state index in [2.05, 4.69) is 22.8 Å². The van der Waals surface area contributed by atoms with Crippen LogP contribution in [0.3, 0.4) is 0 Å². The average Bonchev–Trinajstić information content (AvgIpc) is 2.33. The van der Waals surface area contributed by atoms with E-state index in [0.717, 1.165) is 24.0 Å². The van der Waals surface area contributed by atoms with E-state index >= 15 is 0 Å². The topological polar surface area (TPSA) is 24.1 Å². The first kappa shape index (κ1) is 18.0. The third-order valence-electron chi connectivity index (χ3n) is 3.13. The van der Waals surface area contributed by atoms with Gasteiger partial charge in [0.25, 0.3) is 0 Å². The second-order valence-corrected chi connectivity index (χ2v) is 4.89. The Kier molecular flexibility index (Phi) is 9.88. The van der Waals surface area contributed by atoms with Gasteiger partial charge in [-0.25, -0.2) is 0 Å². The van der Waals surface area contributed by atoms with Crippen LogP contribution < -0.4 is 35.4 Å². The van der Waals surface area contributed by atoms with Crippen LogP contribution >= 0.6 is 11.6 Å². The van der Waals surface area contributed by atoms with Gasteiger partial charge in [-0.3, -0.25) is 0 Å². The molecule has 0 saturated carbocycles. The van der Waals surface area contributed by atoms with Crippen molar-refractivity contribution in [2.24, 2.45) is 5.92 Å². The molecule has 2 nitrogen and oxygen atoms in total. The molecule has 0 aliphatic carbocycles. The number of hydrogen-bond acceptors (Lipinski definition) is 2. The predicted molar refractivity (Wildman–Crippen MR) is 68.8 cm³/mol.